The Hall–Kier alpha value is -3.32. The summed E-state index contributed by atoms with van der Waals surface area (Å²) in [6.07, 6.45) is 0. The normalized spacial score (nSPS) is 10.6. The minimum atomic E-state index is -0.440. The summed E-state index contributed by atoms with van der Waals surface area (Å²) in [5.41, 5.74) is 0.564. The summed E-state index contributed by atoms with van der Waals surface area (Å²) < 4.78 is 21.0. The van der Waals surface area contributed by atoms with Gasteiger partial charge in [-0.2, -0.15) is 0 Å². The van der Waals surface area contributed by atoms with Crippen LogP contribution in [0.5, 0.6) is 11.5 Å². The summed E-state index contributed by atoms with van der Waals surface area (Å²) in [5.74, 6) is 0.748. The lowest BCUT2D eigenvalue weighted by Crippen LogP contribution is -2.20. The van der Waals surface area contributed by atoms with Crippen LogP contribution in [-0.4, -0.2) is 32.8 Å². The number of ether oxygens (including phenoxy) is 3. The molecule has 3 rings (SSSR count). The summed E-state index contributed by atoms with van der Waals surface area (Å²) in [4.78, 5) is 23.4. The van der Waals surface area contributed by atoms with Crippen LogP contribution in [0.2, 0.25) is 0 Å². The van der Waals surface area contributed by atoms with Crippen molar-refractivity contribution in [1.29, 1.82) is 0 Å². The molecule has 0 saturated heterocycles. The highest BCUT2D eigenvalue weighted by molar-refractivity contribution is 5.92. The lowest BCUT2D eigenvalue weighted by Gasteiger charge is -2.10. The van der Waals surface area contributed by atoms with Gasteiger partial charge in [0.05, 0.1) is 6.61 Å². The van der Waals surface area contributed by atoms with E-state index in [1.54, 1.807) is 55.6 Å². The molecule has 7 heteroatoms. The first-order valence-corrected chi connectivity index (χ1v) is 8.32. The van der Waals surface area contributed by atoms with E-state index in [-0.39, 0.29) is 12.5 Å². The molecule has 0 aliphatic carbocycles. The van der Waals surface area contributed by atoms with Crippen molar-refractivity contribution in [3.63, 3.8) is 0 Å². The van der Waals surface area contributed by atoms with Gasteiger partial charge in [0.25, 0.3) is 5.91 Å². The van der Waals surface area contributed by atoms with Gasteiger partial charge in [0.2, 0.25) is 0 Å². The van der Waals surface area contributed by atoms with Gasteiger partial charge < -0.3 is 23.9 Å². The first kappa shape index (κ1) is 18.5. The molecule has 2 aromatic carbocycles. The Morgan fingerprint density at radius 1 is 1.00 bits per heavy atom. The van der Waals surface area contributed by atoms with Gasteiger partial charge in [0.1, 0.15) is 23.7 Å². The number of benzene rings is 2. The molecule has 0 atom stereocenters. The third-order valence-corrected chi connectivity index (χ3v) is 3.64. The van der Waals surface area contributed by atoms with Crippen molar-refractivity contribution in [2.45, 2.75) is 0 Å². The molecular weight excluding hydrogens is 350 g/mol. The number of nitrogens with one attached hydrogen (secondary N) is 1. The van der Waals surface area contributed by atoms with Crippen molar-refractivity contribution in [3.05, 3.63) is 65.0 Å². The smallest absolute Gasteiger partial charge is 0.336 e. The zero-order valence-electron chi connectivity index (χ0n) is 14.8. The van der Waals surface area contributed by atoms with E-state index in [4.69, 9.17) is 18.6 Å². The van der Waals surface area contributed by atoms with E-state index in [1.165, 1.54) is 6.07 Å². The van der Waals surface area contributed by atoms with E-state index in [0.29, 0.717) is 36.0 Å². The Morgan fingerprint density at radius 2 is 1.81 bits per heavy atom. The quantitative estimate of drug-likeness (QED) is 0.485. The number of hydrogen-bond donors (Lipinski definition) is 1. The second-order valence-corrected chi connectivity index (χ2v) is 5.66. The van der Waals surface area contributed by atoms with E-state index >= 15 is 0 Å². The highest BCUT2D eigenvalue weighted by atomic mass is 16.5. The number of carbonyl (C=O) groups is 1. The third-order valence-electron chi connectivity index (χ3n) is 3.64. The lowest BCUT2D eigenvalue weighted by atomic mass is 10.2. The molecule has 0 fully saturated rings. The fourth-order valence-electron chi connectivity index (χ4n) is 2.38. The van der Waals surface area contributed by atoms with Crippen molar-refractivity contribution < 1.29 is 23.4 Å². The molecule has 0 spiro atoms. The summed E-state index contributed by atoms with van der Waals surface area (Å²) in [6, 6.07) is 15.1. The summed E-state index contributed by atoms with van der Waals surface area (Å²) in [5, 5.41) is 3.52. The van der Waals surface area contributed by atoms with Crippen LogP contribution in [0.15, 0.2) is 63.8 Å². The number of carbonyl (C=O) groups excluding carboxylic acids is 1. The third kappa shape index (κ3) is 5.32. The van der Waals surface area contributed by atoms with E-state index in [1.807, 2.05) is 0 Å². The molecular formula is C20H19NO6. The van der Waals surface area contributed by atoms with Crippen molar-refractivity contribution in [1.82, 2.24) is 0 Å². The van der Waals surface area contributed by atoms with Crippen LogP contribution in [0.3, 0.4) is 0 Å². The molecule has 0 bridgehead atoms. The molecule has 1 amide bonds. The van der Waals surface area contributed by atoms with Gasteiger partial charge in [-0.15, -0.1) is 0 Å². The van der Waals surface area contributed by atoms with Gasteiger partial charge in [-0.25, -0.2) is 4.79 Å². The van der Waals surface area contributed by atoms with Gasteiger partial charge in [0, 0.05) is 36.4 Å². The van der Waals surface area contributed by atoms with Gasteiger partial charge in [-0.3, -0.25) is 4.79 Å². The molecule has 1 N–H and O–H groups in total. The van der Waals surface area contributed by atoms with Crippen LogP contribution in [0.4, 0.5) is 5.69 Å². The van der Waals surface area contributed by atoms with E-state index in [2.05, 4.69) is 5.32 Å². The fraction of sp³-hybridized carbons (Fsp3) is 0.200. The maximum absolute atomic E-state index is 12.1. The molecule has 0 aliphatic heterocycles. The molecule has 7 nitrogen and oxygen atoms in total. The largest absolute Gasteiger partial charge is 0.491 e. The van der Waals surface area contributed by atoms with Crippen LogP contribution in [0.1, 0.15) is 0 Å². The summed E-state index contributed by atoms with van der Waals surface area (Å²) >= 11 is 0. The molecule has 1 aromatic heterocycles. The zero-order chi connectivity index (χ0) is 19.1. The number of hydrogen-bond acceptors (Lipinski definition) is 6. The number of amides is 1. The van der Waals surface area contributed by atoms with E-state index in [0.717, 1.165) is 5.39 Å². The van der Waals surface area contributed by atoms with Gasteiger partial charge in [0.15, 0.2) is 6.61 Å². The maximum atomic E-state index is 12.1. The standard InChI is InChI=1S/C20H19NO6/c1-24-9-10-25-16-4-2-3-15(11-16)21-19(22)13-26-17-7-5-14-6-8-20(23)27-18(14)12-17/h2-8,11-12H,9-10,13H2,1H3,(H,21,22). The van der Waals surface area contributed by atoms with Crippen LogP contribution in [0, 0.1) is 0 Å². The molecule has 3 aromatic rings. The summed E-state index contributed by atoms with van der Waals surface area (Å²) in [7, 11) is 1.60. The Labute approximate surface area is 155 Å². The predicted octanol–water partition coefficient (Wildman–Crippen LogP) is 2.84. The van der Waals surface area contributed by atoms with Crippen LogP contribution >= 0.6 is 0 Å². The topological polar surface area (TPSA) is 87.0 Å². The van der Waals surface area contributed by atoms with E-state index in [9.17, 15) is 9.59 Å². The van der Waals surface area contributed by atoms with Crippen LogP contribution in [-0.2, 0) is 9.53 Å². The molecule has 1 heterocycles. The number of fused-ring (bicyclic) bond motifs is 1. The number of rotatable bonds is 8. The van der Waals surface area contributed by atoms with Crippen molar-refractivity contribution >= 4 is 22.6 Å². The predicted molar refractivity (Wildman–Crippen MR) is 100 cm³/mol. The van der Waals surface area contributed by atoms with Crippen molar-refractivity contribution in [2.24, 2.45) is 0 Å². The Bertz CT molecular complexity index is 981. The highest BCUT2D eigenvalue weighted by Gasteiger charge is 2.06. The van der Waals surface area contributed by atoms with Crippen molar-refractivity contribution in [3.8, 4) is 11.5 Å². The minimum absolute atomic E-state index is 0.183. The first-order valence-electron chi connectivity index (χ1n) is 8.32. The minimum Gasteiger partial charge on any atom is -0.491 e. The average molecular weight is 369 g/mol. The van der Waals surface area contributed by atoms with E-state index < -0.39 is 5.63 Å². The number of anilines is 1. The van der Waals surface area contributed by atoms with Crippen LogP contribution < -0.4 is 20.4 Å². The molecule has 27 heavy (non-hydrogen) atoms. The Morgan fingerprint density at radius 3 is 2.67 bits per heavy atom. The first-order chi connectivity index (χ1) is 13.1. The van der Waals surface area contributed by atoms with Gasteiger partial charge in [-0.1, -0.05) is 6.07 Å². The summed E-state index contributed by atoms with van der Waals surface area (Å²) in [6.45, 7) is 0.725. The lowest BCUT2D eigenvalue weighted by molar-refractivity contribution is -0.118. The Kier molecular flexibility index (Phi) is 6.06. The van der Waals surface area contributed by atoms with Gasteiger partial charge >= 0.3 is 5.63 Å². The van der Waals surface area contributed by atoms with Gasteiger partial charge in [-0.05, 0) is 30.3 Å². The second-order valence-electron chi connectivity index (χ2n) is 5.66. The maximum Gasteiger partial charge on any atom is 0.336 e. The fourth-order valence-corrected chi connectivity index (χ4v) is 2.38. The Balaban J connectivity index is 1.56. The second kappa shape index (κ2) is 8.86. The average Bonchev–Trinajstić information content (AvgIpc) is 2.66. The SMILES string of the molecule is COCCOc1cccc(NC(=O)COc2ccc3ccc(=O)oc3c2)c1. The zero-order valence-corrected chi connectivity index (χ0v) is 14.8. The molecule has 0 saturated carbocycles. The van der Waals surface area contributed by atoms with Crippen molar-refractivity contribution in [2.75, 3.05) is 32.2 Å². The number of methoxy groups -OCH3 is 1. The molecule has 0 aliphatic rings. The molecule has 0 radical (unpaired) electrons. The highest BCUT2D eigenvalue weighted by Crippen LogP contribution is 2.20. The van der Waals surface area contributed by atoms with Crippen LogP contribution in [0.25, 0.3) is 11.0 Å². The molecule has 0 unspecified atom stereocenters. The monoisotopic (exact) mass is 369 g/mol. The molecule has 140 valence electrons.